The van der Waals surface area contributed by atoms with E-state index in [1.54, 1.807) is 12.1 Å². The molecule has 7 nitrogen and oxygen atoms in total. The fourth-order valence-corrected chi connectivity index (χ4v) is 3.43. The highest BCUT2D eigenvalue weighted by atomic mass is 35.5. The topological polar surface area (TPSA) is 68.1 Å². The van der Waals surface area contributed by atoms with E-state index in [9.17, 15) is 10.1 Å². The molecule has 0 aliphatic carbocycles. The van der Waals surface area contributed by atoms with E-state index in [0.29, 0.717) is 31.5 Å². The Morgan fingerprint density at radius 3 is 2.04 bits per heavy atom. The molecule has 142 valence electrons. The Hall–Kier alpha value is -1.83. The Kier molecular flexibility index (Phi) is 6.71. The van der Waals surface area contributed by atoms with Crippen molar-refractivity contribution in [1.82, 2.24) is 9.80 Å². The Balaban J connectivity index is 1.91. The van der Waals surface area contributed by atoms with Crippen LogP contribution in [0.3, 0.4) is 0 Å². The van der Waals surface area contributed by atoms with Gasteiger partial charge in [0.15, 0.2) is 0 Å². The number of nitro groups is 1. The van der Waals surface area contributed by atoms with E-state index >= 15 is 0 Å². The second-order valence-electron chi connectivity index (χ2n) is 6.40. The van der Waals surface area contributed by atoms with Crippen LogP contribution in [0, 0.1) is 10.1 Å². The molecular weight excluding hydrogens is 358 g/mol. The number of nitrogens with zero attached hydrogens (tertiary/aromatic N) is 3. The van der Waals surface area contributed by atoms with Gasteiger partial charge in [-0.15, -0.1) is 0 Å². The zero-order chi connectivity index (χ0) is 18.4. The molecule has 0 spiro atoms. The number of ether oxygens (including phenoxy) is 2. The van der Waals surface area contributed by atoms with Crippen LogP contribution in [0.25, 0.3) is 0 Å². The molecule has 2 aliphatic rings. The second kappa shape index (κ2) is 9.21. The Bertz CT molecular complexity index is 606. The molecule has 1 atom stereocenters. The predicted molar refractivity (Wildman–Crippen MR) is 98.9 cm³/mol. The quantitative estimate of drug-likeness (QED) is 0.556. The Morgan fingerprint density at radius 2 is 1.58 bits per heavy atom. The van der Waals surface area contributed by atoms with Gasteiger partial charge in [-0.1, -0.05) is 23.7 Å². The molecule has 0 bridgehead atoms. The van der Waals surface area contributed by atoms with E-state index in [0.717, 1.165) is 37.6 Å². The normalized spacial score (nSPS) is 19.1. The fourth-order valence-electron chi connectivity index (χ4n) is 3.30. The van der Waals surface area contributed by atoms with E-state index in [2.05, 4.69) is 9.80 Å². The van der Waals surface area contributed by atoms with Crippen molar-refractivity contribution in [1.29, 1.82) is 0 Å². The number of halogens is 1. The van der Waals surface area contributed by atoms with Crippen molar-refractivity contribution in [2.45, 2.75) is 5.92 Å². The molecule has 0 aromatic heterocycles. The molecule has 0 saturated carbocycles. The van der Waals surface area contributed by atoms with Gasteiger partial charge in [0.2, 0.25) is 6.54 Å². The molecule has 2 fully saturated rings. The summed E-state index contributed by atoms with van der Waals surface area (Å²) in [6.45, 7) is 5.67. The van der Waals surface area contributed by atoms with Crippen LogP contribution in [-0.2, 0) is 9.47 Å². The van der Waals surface area contributed by atoms with E-state index in [1.807, 2.05) is 18.2 Å². The molecule has 2 heterocycles. The highest BCUT2D eigenvalue weighted by Gasteiger charge is 2.25. The minimum absolute atomic E-state index is 0.153. The Labute approximate surface area is 158 Å². The molecule has 0 N–H and O–H groups in total. The van der Waals surface area contributed by atoms with Gasteiger partial charge in [0.1, 0.15) is 5.82 Å². The first-order valence-electron chi connectivity index (χ1n) is 8.88. The van der Waals surface area contributed by atoms with Gasteiger partial charge < -0.3 is 19.3 Å². The molecule has 0 radical (unpaired) electrons. The summed E-state index contributed by atoms with van der Waals surface area (Å²) in [7, 11) is 0. The summed E-state index contributed by atoms with van der Waals surface area (Å²) in [4.78, 5) is 15.5. The summed E-state index contributed by atoms with van der Waals surface area (Å²) in [5.41, 5.74) is 0.894. The molecule has 2 saturated heterocycles. The molecule has 2 aliphatic heterocycles. The average Bonchev–Trinajstić information content (AvgIpc) is 2.67. The van der Waals surface area contributed by atoms with Crippen LogP contribution in [-0.4, -0.2) is 73.9 Å². The Morgan fingerprint density at radius 1 is 1.08 bits per heavy atom. The maximum atomic E-state index is 11.3. The summed E-state index contributed by atoms with van der Waals surface area (Å²) in [5.74, 6) is 0.723. The monoisotopic (exact) mass is 381 g/mol. The summed E-state index contributed by atoms with van der Waals surface area (Å²) in [6, 6.07) is 7.29. The molecular formula is C18H24ClN3O4. The van der Waals surface area contributed by atoms with Crippen LogP contribution >= 0.6 is 11.6 Å². The van der Waals surface area contributed by atoms with Crippen LogP contribution < -0.4 is 0 Å². The minimum atomic E-state index is -0.317. The molecule has 1 aromatic carbocycles. The zero-order valence-corrected chi connectivity index (χ0v) is 15.4. The summed E-state index contributed by atoms with van der Waals surface area (Å²) in [6.07, 6.45) is 2.03. The highest BCUT2D eigenvalue weighted by molar-refractivity contribution is 6.30. The van der Waals surface area contributed by atoms with Crippen molar-refractivity contribution in [2.75, 3.05) is 59.2 Å². The van der Waals surface area contributed by atoms with E-state index in [-0.39, 0.29) is 17.4 Å². The van der Waals surface area contributed by atoms with Gasteiger partial charge in [-0.25, -0.2) is 0 Å². The van der Waals surface area contributed by atoms with Crippen LogP contribution in [0.15, 0.2) is 36.2 Å². The molecule has 1 aromatic rings. The predicted octanol–water partition coefficient (Wildman–Crippen LogP) is 2.21. The van der Waals surface area contributed by atoms with Gasteiger partial charge >= 0.3 is 0 Å². The molecule has 1 unspecified atom stereocenters. The van der Waals surface area contributed by atoms with E-state index in [1.165, 1.54) is 0 Å². The first-order chi connectivity index (χ1) is 12.6. The fraction of sp³-hybridized carbons (Fsp3) is 0.556. The summed E-state index contributed by atoms with van der Waals surface area (Å²) >= 11 is 5.98. The van der Waals surface area contributed by atoms with Crippen LogP contribution in [0.4, 0.5) is 0 Å². The van der Waals surface area contributed by atoms with E-state index < -0.39 is 0 Å². The van der Waals surface area contributed by atoms with Crippen LogP contribution in [0.2, 0.25) is 5.02 Å². The van der Waals surface area contributed by atoms with Crippen molar-refractivity contribution in [2.24, 2.45) is 0 Å². The minimum Gasteiger partial charge on any atom is -0.378 e. The third kappa shape index (κ3) is 5.09. The van der Waals surface area contributed by atoms with Crippen molar-refractivity contribution in [3.63, 3.8) is 0 Å². The van der Waals surface area contributed by atoms with Gasteiger partial charge in [-0.05, 0) is 23.8 Å². The lowest BCUT2D eigenvalue weighted by molar-refractivity contribution is -0.481. The number of hydrogen-bond acceptors (Lipinski definition) is 6. The summed E-state index contributed by atoms with van der Waals surface area (Å²) in [5, 5.41) is 11.9. The maximum absolute atomic E-state index is 11.3. The van der Waals surface area contributed by atoms with Crippen molar-refractivity contribution in [3.8, 4) is 0 Å². The smallest absolute Gasteiger partial charge is 0.214 e. The van der Waals surface area contributed by atoms with Gasteiger partial charge in [-0.2, -0.15) is 0 Å². The first-order valence-corrected chi connectivity index (χ1v) is 9.26. The zero-order valence-electron chi connectivity index (χ0n) is 14.7. The largest absolute Gasteiger partial charge is 0.378 e. The first kappa shape index (κ1) is 18.9. The molecule has 0 amide bonds. The lowest BCUT2D eigenvalue weighted by Crippen LogP contribution is -2.46. The SMILES string of the molecule is O=[N+]([O-])CC(C=C(N1CCOCC1)N1CCOCC1)c1ccc(Cl)cc1. The van der Waals surface area contributed by atoms with E-state index in [4.69, 9.17) is 21.1 Å². The van der Waals surface area contributed by atoms with Gasteiger partial charge in [0.25, 0.3) is 0 Å². The van der Waals surface area contributed by atoms with Gasteiger partial charge in [0.05, 0.1) is 32.3 Å². The van der Waals surface area contributed by atoms with Crippen molar-refractivity contribution in [3.05, 3.63) is 56.9 Å². The third-order valence-corrected chi connectivity index (χ3v) is 4.92. The lowest BCUT2D eigenvalue weighted by Gasteiger charge is -2.40. The van der Waals surface area contributed by atoms with Gasteiger partial charge in [0, 0.05) is 36.1 Å². The van der Waals surface area contributed by atoms with Crippen molar-refractivity contribution < 1.29 is 14.4 Å². The molecule has 8 heteroatoms. The van der Waals surface area contributed by atoms with Crippen LogP contribution in [0.5, 0.6) is 0 Å². The summed E-state index contributed by atoms with van der Waals surface area (Å²) < 4.78 is 10.9. The number of benzene rings is 1. The number of rotatable bonds is 6. The second-order valence-corrected chi connectivity index (χ2v) is 6.83. The maximum Gasteiger partial charge on any atom is 0.214 e. The van der Waals surface area contributed by atoms with Crippen molar-refractivity contribution >= 4 is 11.6 Å². The molecule has 26 heavy (non-hydrogen) atoms. The average molecular weight is 382 g/mol. The number of hydrogen-bond donors (Lipinski definition) is 0. The lowest BCUT2D eigenvalue weighted by atomic mass is 9.98. The number of morpholine rings is 2. The third-order valence-electron chi connectivity index (χ3n) is 4.66. The molecule has 3 rings (SSSR count). The van der Waals surface area contributed by atoms with Gasteiger partial charge in [-0.3, -0.25) is 10.1 Å². The standard InChI is InChI=1S/C18H24ClN3O4/c19-17-3-1-15(2-4-17)16(14-22(23)24)13-18(20-5-9-25-10-6-20)21-7-11-26-12-8-21/h1-4,13,16H,5-12,14H2. The highest BCUT2D eigenvalue weighted by Crippen LogP contribution is 2.25. The van der Waals surface area contributed by atoms with Crippen LogP contribution in [0.1, 0.15) is 11.5 Å².